The number of phosphoric ester groups is 1. The summed E-state index contributed by atoms with van der Waals surface area (Å²) in [7, 11) is -14.0. The zero-order chi connectivity index (χ0) is 31.2. The summed E-state index contributed by atoms with van der Waals surface area (Å²) in [5.41, 5.74) is -1.20. The average Bonchev–Trinajstić information content (AvgIpc) is 3.22. The molecule has 0 radical (unpaired) electrons. The molecule has 2 heterocycles. The molecule has 23 heteroatoms. The number of ether oxygens (including phenoxy) is 2. The number of aromatic amines is 1. The molecule has 1 aliphatic rings. The number of nitrogens with zero attached hydrogens (tertiary/aromatic N) is 1. The molecular weight excluding hydrogens is 655 g/mol. The monoisotopic (exact) mass is 687 g/mol. The lowest BCUT2D eigenvalue weighted by molar-refractivity contribution is -0.120. The van der Waals surface area contributed by atoms with Gasteiger partial charge in [0.05, 0.1) is 12.7 Å². The third-order valence-electron chi connectivity index (χ3n) is 5.10. The minimum Gasteiger partial charge on any atom is -0.364 e. The van der Waals surface area contributed by atoms with Crippen LogP contribution in [0.15, 0.2) is 15.8 Å². The number of carbonyl (C=O) groups is 1. The van der Waals surface area contributed by atoms with Crippen LogP contribution in [0, 0.1) is 6.92 Å². The molecule has 18 nitrogen and oxygen atoms in total. The highest BCUT2D eigenvalue weighted by Gasteiger charge is 2.43. The average molecular weight is 688 g/mol. The summed E-state index contributed by atoms with van der Waals surface area (Å²) in [6.07, 6.45) is -1.44. The van der Waals surface area contributed by atoms with E-state index in [-0.39, 0.29) is 28.6 Å². The minimum atomic E-state index is -5.73. The van der Waals surface area contributed by atoms with Crippen LogP contribution < -0.4 is 16.6 Å². The predicted molar refractivity (Wildman–Crippen MR) is 147 cm³/mol. The second kappa shape index (κ2) is 14.8. The molecule has 236 valence electrons. The van der Waals surface area contributed by atoms with Gasteiger partial charge >= 0.3 is 29.2 Å². The normalized spacial score (nSPS) is 22.7. The van der Waals surface area contributed by atoms with Crippen molar-refractivity contribution < 1.29 is 60.7 Å². The molecule has 6 N–H and O–H groups in total. The molecule has 1 aliphatic heterocycles. The topological polar surface area (TPSA) is 262 Å². The summed E-state index contributed by atoms with van der Waals surface area (Å²) in [6, 6.07) is 0. The fourth-order valence-electron chi connectivity index (χ4n) is 3.23. The molecule has 5 atom stereocenters. The lowest BCUT2D eigenvalue weighted by atomic mass is 10.2. The highest BCUT2D eigenvalue weighted by atomic mass is 33.1. The van der Waals surface area contributed by atoms with E-state index in [1.165, 1.54) is 34.7 Å². The number of phosphoric acid groups is 3. The molecule has 0 bridgehead atoms. The first-order valence-corrected chi connectivity index (χ1v) is 18.5. The van der Waals surface area contributed by atoms with Crippen molar-refractivity contribution in [3.8, 4) is 0 Å². The van der Waals surface area contributed by atoms with Gasteiger partial charge in [-0.2, -0.15) is 8.62 Å². The van der Waals surface area contributed by atoms with Crippen LogP contribution in [0.1, 0.15) is 45.4 Å². The summed E-state index contributed by atoms with van der Waals surface area (Å²) in [5, 5.41) is 2.80. The van der Waals surface area contributed by atoms with Crippen molar-refractivity contribution in [1.29, 1.82) is 0 Å². The third-order valence-corrected chi connectivity index (χ3v) is 11.8. The number of amides is 1. The summed E-state index contributed by atoms with van der Waals surface area (Å²) in [6.45, 7) is 6.61. The van der Waals surface area contributed by atoms with Crippen molar-refractivity contribution in [2.75, 3.05) is 19.1 Å². The summed E-state index contributed by atoms with van der Waals surface area (Å²) in [5.74, 6) is -0.0392. The number of rotatable bonds is 16. The number of aryl methyl sites for hydroxylation is 1. The first kappa shape index (κ1) is 36.4. The highest BCUT2D eigenvalue weighted by molar-refractivity contribution is 8.77. The first-order chi connectivity index (χ1) is 18.7. The van der Waals surface area contributed by atoms with Gasteiger partial charge in [-0.05, 0) is 20.8 Å². The quantitative estimate of drug-likeness (QED) is 0.0622. The van der Waals surface area contributed by atoms with Crippen LogP contribution in [0.4, 0.5) is 0 Å². The molecule has 0 aliphatic carbocycles. The Hall–Kier alpha value is -0.820. The van der Waals surface area contributed by atoms with Crippen LogP contribution in [0.2, 0.25) is 0 Å². The zero-order valence-electron chi connectivity index (χ0n) is 22.2. The second-order valence-corrected chi connectivity index (χ2v) is 16.5. The molecule has 1 fully saturated rings. The lowest BCUT2D eigenvalue weighted by Crippen LogP contribution is -2.35. The Balaban J connectivity index is 2.10. The molecule has 1 saturated heterocycles. The smallest absolute Gasteiger partial charge is 0.364 e. The van der Waals surface area contributed by atoms with Crippen LogP contribution in [0.3, 0.4) is 0 Å². The van der Waals surface area contributed by atoms with Gasteiger partial charge in [0.2, 0.25) is 5.91 Å². The molecule has 1 aromatic rings. The Morgan fingerprint density at radius 2 is 1.85 bits per heavy atom. The van der Waals surface area contributed by atoms with Gasteiger partial charge in [0.1, 0.15) is 18.3 Å². The van der Waals surface area contributed by atoms with Crippen LogP contribution in [-0.4, -0.2) is 71.1 Å². The maximum atomic E-state index is 12.4. The number of aromatic nitrogens is 2. The Morgan fingerprint density at radius 1 is 1.20 bits per heavy atom. The van der Waals surface area contributed by atoms with Gasteiger partial charge in [-0.25, -0.2) is 18.5 Å². The van der Waals surface area contributed by atoms with Gasteiger partial charge in [-0.1, -0.05) is 28.5 Å². The molecule has 0 aromatic carbocycles. The van der Waals surface area contributed by atoms with Crippen molar-refractivity contribution in [2.45, 2.75) is 63.7 Å². The minimum absolute atomic E-state index is 0.0109. The fraction of sp³-hybridized carbons (Fsp3) is 0.722. The number of carbonyl (C=O) groups excluding carboxylic acids is 1. The molecule has 0 saturated carbocycles. The van der Waals surface area contributed by atoms with E-state index in [2.05, 4.69) is 18.9 Å². The lowest BCUT2D eigenvalue weighted by Gasteiger charge is -2.24. The maximum Gasteiger partial charge on any atom is 0.490 e. The van der Waals surface area contributed by atoms with Crippen molar-refractivity contribution in [3.05, 3.63) is 32.6 Å². The van der Waals surface area contributed by atoms with Crippen molar-refractivity contribution in [3.63, 3.8) is 0 Å². The Morgan fingerprint density at radius 3 is 2.46 bits per heavy atom. The second-order valence-electron chi connectivity index (χ2n) is 9.14. The standard InChI is InChI=1S/C18H32N3O15P3S2/c1-5-14(22)19-9-18(3,4)41-40-10-32-12-6-15(21-7-11(2)16(23)20-17(21)24)34-13(12)8-33-38(28,29)36-39(30,31)35-37(25,26)27/h7,12-13,15H,5-6,8-10H2,1-4H3,(H,19,22)(H,28,29)(H,30,31)(H,20,23,24)(H2,25,26,27)/t12?,13-,15-/m1/s1. The molecular formula is C18H32N3O15P3S2. The van der Waals surface area contributed by atoms with Crippen LogP contribution >= 0.6 is 45.1 Å². The molecule has 3 unspecified atom stereocenters. The first-order valence-electron chi connectivity index (χ1n) is 11.7. The van der Waals surface area contributed by atoms with Gasteiger partial charge in [-0.3, -0.25) is 23.7 Å². The molecule has 1 aromatic heterocycles. The van der Waals surface area contributed by atoms with E-state index < -0.39 is 59.8 Å². The van der Waals surface area contributed by atoms with E-state index in [0.29, 0.717) is 13.0 Å². The van der Waals surface area contributed by atoms with Gasteiger partial charge < -0.3 is 34.4 Å². The largest absolute Gasteiger partial charge is 0.490 e. The summed E-state index contributed by atoms with van der Waals surface area (Å²) in [4.78, 5) is 74.3. The number of hydrogen-bond acceptors (Lipinski definition) is 13. The van der Waals surface area contributed by atoms with Crippen molar-refractivity contribution >= 4 is 51.0 Å². The molecule has 1 amide bonds. The third kappa shape index (κ3) is 12.7. The van der Waals surface area contributed by atoms with E-state index in [1.807, 2.05) is 13.8 Å². The van der Waals surface area contributed by atoms with Gasteiger partial charge in [-0.15, -0.1) is 0 Å². The summed E-state index contributed by atoms with van der Waals surface area (Å²) >= 11 is 0. The van der Waals surface area contributed by atoms with Crippen LogP contribution in [0.5, 0.6) is 0 Å². The van der Waals surface area contributed by atoms with Gasteiger partial charge in [0.15, 0.2) is 0 Å². The van der Waals surface area contributed by atoms with Crippen molar-refractivity contribution in [1.82, 2.24) is 14.9 Å². The molecule has 2 rings (SSSR count). The van der Waals surface area contributed by atoms with E-state index in [4.69, 9.17) is 23.8 Å². The van der Waals surface area contributed by atoms with E-state index in [9.17, 15) is 37.9 Å². The number of hydrogen-bond donors (Lipinski definition) is 6. The van der Waals surface area contributed by atoms with Crippen LogP contribution in [0.25, 0.3) is 0 Å². The van der Waals surface area contributed by atoms with Crippen molar-refractivity contribution in [2.24, 2.45) is 0 Å². The summed E-state index contributed by atoms with van der Waals surface area (Å²) < 4.78 is 59.0. The van der Waals surface area contributed by atoms with E-state index >= 15 is 0 Å². The maximum absolute atomic E-state index is 12.4. The SMILES string of the molecule is CCC(=O)NCC(C)(C)SSCOC1C[C@H](n2cc(C)c(=O)[nH]c2=O)O[C@@H]1COP(=O)(O)OP(=O)(O)OP(=O)(O)O. The van der Waals surface area contributed by atoms with Gasteiger partial charge in [0, 0.05) is 35.9 Å². The number of H-pyrrole nitrogens is 1. The van der Waals surface area contributed by atoms with Gasteiger partial charge in [0.25, 0.3) is 5.56 Å². The molecule has 0 spiro atoms. The Kier molecular flexibility index (Phi) is 13.1. The zero-order valence-corrected chi connectivity index (χ0v) is 26.5. The van der Waals surface area contributed by atoms with E-state index in [0.717, 1.165) is 4.57 Å². The molecule has 41 heavy (non-hydrogen) atoms. The van der Waals surface area contributed by atoms with E-state index in [1.54, 1.807) is 6.92 Å². The predicted octanol–water partition coefficient (Wildman–Crippen LogP) is 1.50. The Bertz CT molecular complexity index is 1330. The fourth-order valence-corrected chi connectivity index (χ4v) is 8.44. The van der Waals surface area contributed by atoms with Crippen LogP contribution in [-0.2, 0) is 41.1 Å². The number of nitrogens with one attached hydrogen (secondary N) is 2. The highest BCUT2D eigenvalue weighted by Crippen LogP contribution is 2.66. The Labute approximate surface area is 241 Å².